The van der Waals surface area contributed by atoms with E-state index in [9.17, 15) is 9.59 Å². The molecule has 29 heavy (non-hydrogen) atoms. The van der Waals surface area contributed by atoms with Crippen LogP contribution in [0.2, 0.25) is 0 Å². The zero-order valence-corrected chi connectivity index (χ0v) is 19.2. The number of aliphatic imine (C=N–C) groups is 1. The number of likely N-dealkylation sites (tertiary alicyclic amines) is 1. The fourth-order valence-corrected chi connectivity index (χ4v) is 4.62. The predicted molar refractivity (Wildman–Crippen MR) is 115 cm³/mol. The minimum Gasteiger partial charge on any atom is -0.444 e. The first-order valence-corrected chi connectivity index (χ1v) is 10.9. The number of carbonyl (C=O) groups is 2. The third-order valence-electron chi connectivity index (χ3n) is 5.95. The second kappa shape index (κ2) is 6.56. The molecule has 7 heteroatoms. The summed E-state index contributed by atoms with van der Waals surface area (Å²) in [7, 11) is 0. The highest BCUT2D eigenvalue weighted by Crippen LogP contribution is 2.57. The Labute approximate surface area is 180 Å². The molecule has 156 valence electrons. The van der Waals surface area contributed by atoms with E-state index in [2.05, 4.69) is 15.9 Å². The third kappa shape index (κ3) is 3.69. The number of nitrogens with zero attached hydrogens (tertiary/aromatic N) is 3. The predicted octanol–water partition coefficient (Wildman–Crippen LogP) is 4.22. The summed E-state index contributed by atoms with van der Waals surface area (Å²) >= 11 is 3.46. The summed E-state index contributed by atoms with van der Waals surface area (Å²) < 4.78 is 6.53. The summed E-state index contributed by atoms with van der Waals surface area (Å²) in [6, 6.07) is 7.98. The van der Waals surface area contributed by atoms with E-state index >= 15 is 0 Å². The maximum atomic E-state index is 13.2. The largest absolute Gasteiger partial charge is 0.444 e. The van der Waals surface area contributed by atoms with E-state index in [4.69, 9.17) is 9.73 Å². The van der Waals surface area contributed by atoms with Gasteiger partial charge in [-0.3, -0.25) is 14.7 Å². The van der Waals surface area contributed by atoms with Gasteiger partial charge >= 0.3 is 6.09 Å². The zero-order valence-electron chi connectivity index (χ0n) is 17.7. The van der Waals surface area contributed by atoms with Crippen molar-refractivity contribution in [2.75, 3.05) is 13.1 Å². The van der Waals surface area contributed by atoms with Crippen LogP contribution >= 0.6 is 15.9 Å². The van der Waals surface area contributed by atoms with Gasteiger partial charge in [-0.2, -0.15) is 0 Å². The molecule has 0 radical (unpaired) electrons. The Morgan fingerprint density at radius 1 is 1.24 bits per heavy atom. The van der Waals surface area contributed by atoms with Crippen molar-refractivity contribution in [3.63, 3.8) is 0 Å². The minimum atomic E-state index is -0.768. The molecular weight excluding hydrogens is 434 g/mol. The van der Waals surface area contributed by atoms with Gasteiger partial charge in [0.25, 0.3) is 5.91 Å². The summed E-state index contributed by atoms with van der Waals surface area (Å²) in [6.45, 7) is 10.7. The molecule has 0 aromatic heterocycles. The van der Waals surface area contributed by atoms with Crippen LogP contribution in [-0.4, -0.2) is 57.9 Å². The Morgan fingerprint density at radius 2 is 1.90 bits per heavy atom. The number of hydrogen-bond acceptors (Lipinski definition) is 4. The SMILES string of the molecule is CC(C)(C)OC(=O)N1CCC2(C[C@@H]2N2C(=O)C(C)(C)N=C2c2ccc(Br)cc2)C1. The van der Waals surface area contributed by atoms with Crippen molar-refractivity contribution in [3.05, 3.63) is 34.3 Å². The van der Waals surface area contributed by atoms with Crippen LogP contribution in [0.5, 0.6) is 0 Å². The van der Waals surface area contributed by atoms with Crippen molar-refractivity contribution in [1.29, 1.82) is 0 Å². The van der Waals surface area contributed by atoms with Crippen LogP contribution < -0.4 is 0 Å². The van der Waals surface area contributed by atoms with Gasteiger partial charge in [-0.15, -0.1) is 0 Å². The van der Waals surface area contributed by atoms with Crippen molar-refractivity contribution in [2.24, 2.45) is 10.4 Å². The van der Waals surface area contributed by atoms with Gasteiger partial charge in [0, 0.05) is 34.6 Å². The van der Waals surface area contributed by atoms with Crippen molar-refractivity contribution in [2.45, 2.75) is 64.6 Å². The van der Waals surface area contributed by atoms with Crippen LogP contribution in [0.15, 0.2) is 33.7 Å². The van der Waals surface area contributed by atoms with E-state index in [1.54, 1.807) is 4.90 Å². The van der Waals surface area contributed by atoms with Gasteiger partial charge in [-0.05, 0) is 59.6 Å². The molecule has 4 rings (SSSR count). The summed E-state index contributed by atoms with van der Waals surface area (Å²) in [5, 5.41) is 0. The first-order valence-electron chi connectivity index (χ1n) is 10.1. The fourth-order valence-electron chi connectivity index (χ4n) is 4.36. The molecular formula is C22H28BrN3O3. The van der Waals surface area contributed by atoms with E-state index in [0.717, 1.165) is 28.7 Å². The molecule has 2 fully saturated rings. The average molecular weight is 462 g/mol. The molecule has 2 amide bonds. The Morgan fingerprint density at radius 3 is 2.52 bits per heavy atom. The number of amides is 2. The van der Waals surface area contributed by atoms with Crippen LogP contribution in [0.4, 0.5) is 4.79 Å². The first kappa shape index (κ1) is 20.4. The van der Waals surface area contributed by atoms with E-state index < -0.39 is 11.1 Å². The van der Waals surface area contributed by atoms with Gasteiger partial charge in [-0.25, -0.2) is 4.79 Å². The normalized spacial score (nSPS) is 28.1. The molecule has 1 saturated heterocycles. The number of hydrogen-bond donors (Lipinski definition) is 0. The van der Waals surface area contributed by atoms with Gasteiger partial charge in [-0.1, -0.05) is 28.1 Å². The van der Waals surface area contributed by atoms with Crippen molar-refractivity contribution in [1.82, 2.24) is 9.80 Å². The topological polar surface area (TPSA) is 62.2 Å². The fraction of sp³-hybridized carbons (Fsp3) is 0.591. The van der Waals surface area contributed by atoms with Crippen LogP contribution in [-0.2, 0) is 9.53 Å². The molecule has 1 spiro atoms. The maximum absolute atomic E-state index is 13.2. The van der Waals surface area contributed by atoms with Crippen molar-refractivity contribution < 1.29 is 14.3 Å². The highest BCUT2D eigenvalue weighted by atomic mass is 79.9. The third-order valence-corrected chi connectivity index (χ3v) is 6.48. The van der Waals surface area contributed by atoms with E-state index in [1.165, 1.54) is 0 Å². The summed E-state index contributed by atoms with van der Waals surface area (Å²) in [6.07, 6.45) is 1.51. The quantitative estimate of drug-likeness (QED) is 0.662. The number of carbonyl (C=O) groups excluding carboxylic acids is 2. The molecule has 1 aliphatic carbocycles. The molecule has 1 unspecified atom stereocenters. The molecule has 6 nitrogen and oxygen atoms in total. The van der Waals surface area contributed by atoms with E-state index in [1.807, 2.05) is 63.8 Å². The number of benzene rings is 1. The van der Waals surface area contributed by atoms with Crippen molar-refractivity contribution >= 4 is 33.8 Å². The zero-order chi connectivity index (χ0) is 21.2. The second-order valence-corrected chi connectivity index (χ2v) is 10.8. The Hall–Kier alpha value is -1.89. The molecule has 2 atom stereocenters. The van der Waals surface area contributed by atoms with Gasteiger partial charge in [0.05, 0.1) is 0 Å². The number of amidine groups is 1. The second-order valence-electron chi connectivity index (χ2n) is 9.91. The molecule has 0 N–H and O–H groups in total. The number of rotatable bonds is 2. The van der Waals surface area contributed by atoms with Gasteiger partial charge in [0.15, 0.2) is 0 Å². The molecule has 1 aromatic carbocycles. The lowest BCUT2D eigenvalue weighted by molar-refractivity contribution is -0.130. The molecule has 1 saturated carbocycles. The van der Waals surface area contributed by atoms with Crippen LogP contribution in [0.25, 0.3) is 0 Å². The average Bonchev–Trinajstić information content (AvgIpc) is 3.00. The standard InChI is InChI=1S/C22H28BrN3O3/c1-20(2,3)29-19(28)25-11-10-22(13-25)12-16(22)26-17(24-21(4,5)18(26)27)14-6-8-15(23)9-7-14/h6-9,16H,10-13H2,1-5H3/t16-,22?/m0/s1. The highest BCUT2D eigenvalue weighted by molar-refractivity contribution is 9.10. The summed E-state index contributed by atoms with van der Waals surface area (Å²) in [5.74, 6) is 0.776. The molecule has 1 aromatic rings. The molecule has 0 bridgehead atoms. The van der Waals surface area contributed by atoms with Crippen LogP contribution in [0.1, 0.15) is 53.0 Å². The Bertz CT molecular complexity index is 888. The summed E-state index contributed by atoms with van der Waals surface area (Å²) in [4.78, 5) is 34.1. The maximum Gasteiger partial charge on any atom is 0.410 e. The van der Waals surface area contributed by atoms with Crippen LogP contribution in [0.3, 0.4) is 0 Å². The lowest BCUT2D eigenvalue weighted by atomic mass is 10.0. The lowest BCUT2D eigenvalue weighted by Crippen LogP contribution is -2.43. The Balaban J connectivity index is 1.54. The smallest absolute Gasteiger partial charge is 0.410 e. The monoisotopic (exact) mass is 461 g/mol. The minimum absolute atomic E-state index is 0.0352. The van der Waals surface area contributed by atoms with E-state index in [-0.39, 0.29) is 23.5 Å². The molecule has 3 aliphatic rings. The highest BCUT2D eigenvalue weighted by Gasteiger charge is 2.64. The lowest BCUT2D eigenvalue weighted by Gasteiger charge is -2.25. The van der Waals surface area contributed by atoms with Crippen LogP contribution in [0, 0.1) is 5.41 Å². The number of halogens is 1. The number of ether oxygens (including phenoxy) is 1. The van der Waals surface area contributed by atoms with Gasteiger partial charge < -0.3 is 9.64 Å². The Kier molecular flexibility index (Phi) is 4.61. The molecule has 2 aliphatic heterocycles. The van der Waals surface area contributed by atoms with E-state index in [0.29, 0.717) is 13.1 Å². The van der Waals surface area contributed by atoms with Gasteiger partial charge in [0.2, 0.25) is 0 Å². The summed E-state index contributed by atoms with van der Waals surface area (Å²) in [5.41, 5.74) is -0.388. The molecule has 2 heterocycles. The van der Waals surface area contributed by atoms with Crippen molar-refractivity contribution in [3.8, 4) is 0 Å². The van der Waals surface area contributed by atoms with Gasteiger partial charge in [0.1, 0.15) is 17.0 Å². The first-order chi connectivity index (χ1) is 13.4.